The van der Waals surface area contributed by atoms with E-state index in [2.05, 4.69) is 55.7 Å². The highest BCUT2D eigenvalue weighted by molar-refractivity contribution is 7.11. The van der Waals surface area contributed by atoms with Gasteiger partial charge in [0.15, 0.2) is 0 Å². The summed E-state index contributed by atoms with van der Waals surface area (Å²) in [5.74, 6) is 5.72. The van der Waals surface area contributed by atoms with Gasteiger partial charge in [-0.15, -0.1) is 11.3 Å². The smallest absolute Gasteiger partial charge is 0.0510 e. The molecule has 0 aliphatic heterocycles. The Morgan fingerprint density at radius 3 is 2.50 bits per heavy atom. The summed E-state index contributed by atoms with van der Waals surface area (Å²) in [5.41, 5.74) is 5.51. The summed E-state index contributed by atoms with van der Waals surface area (Å²) in [6.45, 7) is 4.32. The van der Waals surface area contributed by atoms with Gasteiger partial charge >= 0.3 is 0 Å². The van der Waals surface area contributed by atoms with Crippen LogP contribution in [-0.2, 0) is 12.8 Å². The zero-order valence-corrected chi connectivity index (χ0v) is 11.8. The standard InChI is InChI=1S/C15H20N2S/c1-3-12-8-9-13(18-12)10-15(17-16)14-7-5-4-6-11(14)2/h4-9,15,17H,3,10,16H2,1-2H3. The van der Waals surface area contributed by atoms with Crippen LogP contribution in [0.15, 0.2) is 36.4 Å². The van der Waals surface area contributed by atoms with Crippen LogP contribution in [0.25, 0.3) is 0 Å². The average Bonchev–Trinajstić information content (AvgIpc) is 2.85. The van der Waals surface area contributed by atoms with E-state index in [1.807, 2.05) is 11.3 Å². The van der Waals surface area contributed by atoms with Gasteiger partial charge in [-0.25, -0.2) is 0 Å². The minimum Gasteiger partial charge on any atom is -0.271 e. The summed E-state index contributed by atoms with van der Waals surface area (Å²) >= 11 is 1.88. The minimum absolute atomic E-state index is 0.189. The van der Waals surface area contributed by atoms with Crippen LogP contribution in [0.3, 0.4) is 0 Å². The second-order valence-electron chi connectivity index (χ2n) is 4.50. The van der Waals surface area contributed by atoms with E-state index in [1.165, 1.54) is 20.9 Å². The molecule has 1 aromatic heterocycles. The van der Waals surface area contributed by atoms with E-state index in [9.17, 15) is 0 Å². The number of benzene rings is 1. The van der Waals surface area contributed by atoms with Crippen molar-refractivity contribution in [3.63, 3.8) is 0 Å². The molecular weight excluding hydrogens is 240 g/mol. The number of hydrazine groups is 1. The Balaban J connectivity index is 2.17. The molecule has 2 aromatic rings. The summed E-state index contributed by atoms with van der Waals surface area (Å²) in [4.78, 5) is 2.82. The maximum Gasteiger partial charge on any atom is 0.0510 e. The average molecular weight is 260 g/mol. The summed E-state index contributed by atoms with van der Waals surface area (Å²) in [6, 6.07) is 13.0. The quantitative estimate of drug-likeness (QED) is 0.639. The Morgan fingerprint density at radius 1 is 1.17 bits per heavy atom. The molecule has 0 fully saturated rings. The van der Waals surface area contributed by atoms with Gasteiger partial charge in [-0.1, -0.05) is 31.2 Å². The molecule has 2 nitrogen and oxygen atoms in total. The molecule has 18 heavy (non-hydrogen) atoms. The maximum absolute atomic E-state index is 5.72. The molecule has 0 saturated heterocycles. The van der Waals surface area contributed by atoms with Gasteiger partial charge < -0.3 is 0 Å². The monoisotopic (exact) mass is 260 g/mol. The second kappa shape index (κ2) is 6.14. The summed E-state index contributed by atoms with van der Waals surface area (Å²) in [7, 11) is 0. The van der Waals surface area contributed by atoms with Crippen LogP contribution in [0, 0.1) is 6.92 Å². The molecule has 0 saturated carbocycles. The zero-order chi connectivity index (χ0) is 13.0. The number of rotatable bonds is 5. The van der Waals surface area contributed by atoms with Crippen LogP contribution in [0.2, 0.25) is 0 Å². The molecule has 3 N–H and O–H groups in total. The van der Waals surface area contributed by atoms with Crippen molar-refractivity contribution < 1.29 is 0 Å². The lowest BCUT2D eigenvalue weighted by atomic mass is 9.99. The molecule has 0 aliphatic carbocycles. The molecule has 1 unspecified atom stereocenters. The molecule has 1 atom stereocenters. The van der Waals surface area contributed by atoms with E-state index < -0.39 is 0 Å². The van der Waals surface area contributed by atoms with E-state index in [1.54, 1.807) is 0 Å². The highest BCUT2D eigenvalue weighted by atomic mass is 32.1. The van der Waals surface area contributed by atoms with Gasteiger partial charge in [0.2, 0.25) is 0 Å². The van der Waals surface area contributed by atoms with E-state index in [-0.39, 0.29) is 6.04 Å². The van der Waals surface area contributed by atoms with E-state index >= 15 is 0 Å². The molecule has 3 heteroatoms. The number of nitrogens with two attached hydrogens (primary N) is 1. The predicted octanol–water partition coefficient (Wildman–Crippen LogP) is 3.37. The highest BCUT2D eigenvalue weighted by Gasteiger charge is 2.13. The molecule has 0 amide bonds. The van der Waals surface area contributed by atoms with Gasteiger partial charge in [-0.3, -0.25) is 11.3 Å². The van der Waals surface area contributed by atoms with Crippen LogP contribution in [-0.4, -0.2) is 0 Å². The van der Waals surface area contributed by atoms with Crippen molar-refractivity contribution in [2.24, 2.45) is 5.84 Å². The fraction of sp³-hybridized carbons (Fsp3) is 0.333. The van der Waals surface area contributed by atoms with E-state index in [0.29, 0.717) is 0 Å². The topological polar surface area (TPSA) is 38.0 Å². The maximum atomic E-state index is 5.72. The molecule has 96 valence electrons. The van der Waals surface area contributed by atoms with E-state index in [4.69, 9.17) is 5.84 Å². The third-order valence-electron chi connectivity index (χ3n) is 3.24. The van der Waals surface area contributed by atoms with Crippen LogP contribution in [0.5, 0.6) is 0 Å². The molecule has 0 radical (unpaired) electrons. The van der Waals surface area contributed by atoms with Crippen molar-refractivity contribution in [3.8, 4) is 0 Å². The summed E-state index contributed by atoms with van der Waals surface area (Å²) in [6.07, 6.45) is 2.06. The van der Waals surface area contributed by atoms with Gasteiger partial charge in [0, 0.05) is 16.2 Å². The fourth-order valence-corrected chi connectivity index (χ4v) is 3.16. The lowest BCUT2D eigenvalue weighted by Crippen LogP contribution is -2.29. The lowest BCUT2D eigenvalue weighted by Gasteiger charge is -2.17. The van der Waals surface area contributed by atoms with E-state index in [0.717, 1.165) is 12.8 Å². The first-order chi connectivity index (χ1) is 8.74. The zero-order valence-electron chi connectivity index (χ0n) is 10.9. The molecule has 1 aromatic carbocycles. The first-order valence-electron chi connectivity index (χ1n) is 6.33. The van der Waals surface area contributed by atoms with Crippen LogP contribution < -0.4 is 11.3 Å². The Morgan fingerprint density at radius 2 is 1.89 bits per heavy atom. The Bertz CT molecular complexity index is 505. The number of hydrogen-bond donors (Lipinski definition) is 2. The van der Waals surface area contributed by atoms with Crippen molar-refractivity contribution in [1.82, 2.24) is 5.43 Å². The normalized spacial score (nSPS) is 12.6. The predicted molar refractivity (Wildman–Crippen MR) is 78.6 cm³/mol. The minimum atomic E-state index is 0.189. The number of hydrogen-bond acceptors (Lipinski definition) is 3. The fourth-order valence-electron chi connectivity index (χ4n) is 2.16. The molecular formula is C15H20N2S. The third-order valence-corrected chi connectivity index (χ3v) is 4.49. The molecule has 0 aliphatic rings. The lowest BCUT2D eigenvalue weighted by molar-refractivity contribution is 0.553. The second-order valence-corrected chi connectivity index (χ2v) is 5.75. The van der Waals surface area contributed by atoms with Crippen LogP contribution >= 0.6 is 11.3 Å². The van der Waals surface area contributed by atoms with Crippen LogP contribution in [0.4, 0.5) is 0 Å². The van der Waals surface area contributed by atoms with Crippen molar-refractivity contribution in [2.45, 2.75) is 32.7 Å². The summed E-state index contributed by atoms with van der Waals surface area (Å²) < 4.78 is 0. The Labute approximate surface area is 113 Å². The van der Waals surface area contributed by atoms with Gasteiger partial charge in [0.25, 0.3) is 0 Å². The van der Waals surface area contributed by atoms with Crippen molar-refractivity contribution in [3.05, 3.63) is 57.3 Å². The highest BCUT2D eigenvalue weighted by Crippen LogP contribution is 2.25. The first-order valence-corrected chi connectivity index (χ1v) is 7.15. The van der Waals surface area contributed by atoms with Crippen LogP contribution in [0.1, 0.15) is 33.8 Å². The Hall–Kier alpha value is -1.16. The van der Waals surface area contributed by atoms with Crippen molar-refractivity contribution >= 4 is 11.3 Å². The third kappa shape index (κ3) is 2.99. The SMILES string of the molecule is CCc1ccc(CC(NN)c2ccccc2C)s1. The Kier molecular flexibility index (Phi) is 4.53. The number of aryl methyl sites for hydroxylation is 2. The van der Waals surface area contributed by atoms with Crippen molar-refractivity contribution in [2.75, 3.05) is 0 Å². The molecule has 1 heterocycles. The first kappa shape index (κ1) is 13.3. The largest absolute Gasteiger partial charge is 0.271 e. The number of nitrogens with one attached hydrogen (secondary N) is 1. The molecule has 0 spiro atoms. The van der Waals surface area contributed by atoms with Gasteiger partial charge in [-0.2, -0.15) is 0 Å². The van der Waals surface area contributed by atoms with Gasteiger partial charge in [0.1, 0.15) is 0 Å². The van der Waals surface area contributed by atoms with Crippen molar-refractivity contribution in [1.29, 1.82) is 0 Å². The molecule has 0 bridgehead atoms. The van der Waals surface area contributed by atoms with Gasteiger partial charge in [0.05, 0.1) is 6.04 Å². The molecule has 2 rings (SSSR count). The van der Waals surface area contributed by atoms with Gasteiger partial charge in [-0.05, 0) is 36.6 Å². The summed E-state index contributed by atoms with van der Waals surface area (Å²) in [5, 5.41) is 0. The number of thiophene rings is 1.